The van der Waals surface area contributed by atoms with Crippen LogP contribution in [0.25, 0.3) is 0 Å². The van der Waals surface area contributed by atoms with Gasteiger partial charge in [0.1, 0.15) is 11.7 Å². The van der Waals surface area contributed by atoms with Crippen LogP contribution in [-0.2, 0) is 19.1 Å². The number of piperidine rings is 1. The van der Waals surface area contributed by atoms with Crippen LogP contribution in [0, 0.1) is 45.8 Å². The van der Waals surface area contributed by atoms with Crippen LogP contribution in [0.15, 0.2) is 11.6 Å². The number of fused-ring (bicyclic) bond motifs is 2. The van der Waals surface area contributed by atoms with Crippen molar-refractivity contribution < 1.29 is 24.2 Å². The Kier molecular flexibility index (Phi) is 7.35. The molecule has 6 aliphatic rings. The number of carbonyl (C=O) groups is 2. The molecule has 1 N–H and O–H groups in total. The molecule has 0 aromatic heterocycles. The van der Waals surface area contributed by atoms with E-state index in [4.69, 9.17) is 9.47 Å². The standard InChI is InChI=1S/C34H53NO5/c1-6-7-12-31(39-5)13-15-35(16-14-31)20-25-9-11-29(40-25)33-19-26-23(4)8-10-27(26)32(21-36)18-24(33)17-28(22(2)3)34(32,33)30(37)38/h17,21-27,29H,6-16,18-20H2,1-5H3,(H,37,38)/t23-,24?,25?,26-,27-,29?,32?,33?,34?/m1/s1. The van der Waals surface area contributed by atoms with Gasteiger partial charge in [0, 0.05) is 32.2 Å². The van der Waals surface area contributed by atoms with E-state index < -0.39 is 22.2 Å². The van der Waals surface area contributed by atoms with Crippen LogP contribution in [0.5, 0.6) is 0 Å². The summed E-state index contributed by atoms with van der Waals surface area (Å²) in [5.74, 6) is 0.588. The molecule has 2 aliphatic heterocycles. The van der Waals surface area contributed by atoms with Gasteiger partial charge in [-0.05, 0) is 81.0 Å². The number of aldehydes is 1. The topological polar surface area (TPSA) is 76.1 Å². The second kappa shape index (κ2) is 10.2. The minimum absolute atomic E-state index is 0.0230. The van der Waals surface area contributed by atoms with Crippen molar-refractivity contribution in [1.82, 2.24) is 4.90 Å². The molecule has 2 heterocycles. The number of nitrogens with zero attached hydrogens (tertiary/aromatic N) is 1. The lowest BCUT2D eigenvalue weighted by atomic mass is 9.41. The number of allylic oxidation sites excluding steroid dienone is 1. The number of rotatable bonds is 10. The monoisotopic (exact) mass is 555 g/mol. The molecule has 5 fully saturated rings. The minimum Gasteiger partial charge on any atom is -0.481 e. The van der Waals surface area contributed by atoms with Crippen molar-refractivity contribution in [1.29, 1.82) is 0 Å². The lowest BCUT2D eigenvalue weighted by Gasteiger charge is -2.60. The van der Waals surface area contributed by atoms with Gasteiger partial charge < -0.3 is 24.3 Å². The van der Waals surface area contributed by atoms with E-state index in [0.29, 0.717) is 18.3 Å². The van der Waals surface area contributed by atoms with Crippen LogP contribution in [0.2, 0.25) is 0 Å². The quantitative estimate of drug-likeness (QED) is 0.258. The maximum absolute atomic E-state index is 13.8. The van der Waals surface area contributed by atoms with E-state index >= 15 is 0 Å². The summed E-state index contributed by atoms with van der Waals surface area (Å²) in [5, 5.41) is 11.3. The van der Waals surface area contributed by atoms with E-state index in [2.05, 4.69) is 38.7 Å². The van der Waals surface area contributed by atoms with E-state index in [1.54, 1.807) is 0 Å². The molecule has 0 radical (unpaired) electrons. The van der Waals surface area contributed by atoms with Gasteiger partial charge in [-0.25, -0.2) is 0 Å². The summed E-state index contributed by atoms with van der Waals surface area (Å²) in [6.07, 6.45) is 14.7. The van der Waals surface area contributed by atoms with Crippen molar-refractivity contribution >= 4 is 12.3 Å². The normalized spacial score (nSPS) is 45.6. The van der Waals surface area contributed by atoms with Gasteiger partial charge in [0.15, 0.2) is 0 Å². The zero-order valence-corrected chi connectivity index (χ0v) is 25.6. The molecule has 6 unspecified atom stereocenters. The number of hydrogen-bond donors (Lipinski definition) is 1. The molecule has 224 valence electrons. The Morgan fingerprint density at radius 1 is 1.20 bits per heavy atom. The van der Waals surface area contributed by atoms with E-state index in [1.807, 2.05) is 7.11 Å². The lowest BCUT2D eigenvalue weighted by Crippen LogP contribution is -2.65. The van der Waals surface area contributed by atoms with Gasteiger partial charge in [0.2, 0.25) is 0 Å². The van der Waals surface area contributed by atoms with Crippen LogP contribution in [0.4, 0.5) is 0 Å². The average molecular weight is 556 g/mol. The summed E-state index contributed by atoms with van der Waals surface area (Å²) in [6.45, 7) is 11.8. The molecular weight excluding hydrogens is 502 g/mol. The number of unbranched alkanes of at least 4 members (excludes halogenated alkanes) is 1. The molecule has 9 atom stereocenters. The summed E-state index contributed by atoms with van der Waals surface area (Å²) >= 11 is 0. The van der Waals surface area contributed by atoms with Crippen molar-refractivity contribution in [2.75, 3.05) is 26.7 Å². The van der Waals surface area contributed by atoms with E-state index in [9.17, 15) is 14.7 Å². The third kappa shape index (κ3) is 3.63. The maximum Gasteiger partial charge on any atom is 0.315 e. The van der Waals surface area contributed by atoms with Crippen LogP contribution in [0.1, 0.15) is 98.3 Å². The molecule has 3 saturated carbocycles. The van der Waals surface area contributed by atoms with Crippen molar-refractivity contribution in [2.45, 2.75) is 116 Å². The molecule has 6 nitrogen and oxygen atoms in total. The highest BCUT2D eigenvalue weighted by Gasteiger charge is 2.86. The van der Waals surface area contributed by atoms with E-state index in [-0.39, 0.29) is 35.6 Å². The van der Waals surface area contributed by atoms with Crippen LogP contribution < -0.4 is 0 Å². The third-order valence-corrected chi connectivity index (χ3v) is 13.3. The molecule has 0 spiro atoms. The fourth-order valence-electron chi connectivity index (χ4n) is 11.6. The predicted molar refractivity (Wildman–Crippen MR) is 155 cm³/mol. The number of carboxylic acids is 1. The van der Waals surface area contributed by atoms with E-state index in [1.165, 1.54) is 12.8 Å². The molecule has 4 bridgehead atoms. The maximum atomic E-state index is 13.8. The van der Waals surface area contributed by atoms with Gasteiger partial charge in [-0.2, -0.15) is 0 Å². The average Bonchev–Trinajstić information content (AvgIpc) is 3.68. The summed E-state index contributed by atoms with van der Waals surface area (Å²) in [6, 6.07) is 0. The van der Waals surface area contributed by atoms with Crippen LogP contribution in [0.3, 0.4) is 0 Å². The van der Waals surface area contributed by atoms with Gasteiger partial charge in [0.05, 0.1) is 23.2 Å². The van der Waals surface area contributed by atoms with Crippen molar-refractivity contribution in [3.05, 3.63) is 11.6 Å². The Balaban J connectivity index is 1.27. The number of aliphatic carboxylic acids is 1. The Morgan fingerprint density at radius 2 is 1.95 bits per heavy atom. The fourth-order valence-corrected chi connectivity index (χ4v) is 11.6. The predicted octanol–water partition coefficient (Wildman–Crippen LogP) is 6.13. The van der Waals surface area contributed by atoms with Gasteiger partial charge in [0.25, 0.3) is 0 Å². The van der Waals surface area contributed by atoms with Crippen LogP contribution >= 0.6 is 0 Å². The van der Waals surface area contributed by atoms with Gasteiger partial charge in [-0.1, -0.05) is 58.6 Å². The van der Waals surface area contributed by atoms with Crippen molar-refractivity contribution in [2.24, 2.45) is 45.8 Å². The summed E-state index contributed by atoms with van der Waals surface area (Å²) in [4.78, 5) is 29.7. The Labute approximate surface area is 241 Å². The number of carboxylic acid groups (broad SMARTS) is 1. The van der Waals surface area contributed by atoms with Gasteiger partial charge in [-0.15, -0.1) is 0 Å². The van der Waals surface area contributed by atoms with E-state index in [0.717, 1.165) is 82.9 Å². The fraction of sp³-hybridized carbons (Fsp3) is 0.882. The number of methoxy groups -OCH3 is 1. The Bertz CT molecular complexity index is 1030. The smallest absolute Gasteiger partial charge is 0.315 e. The highest BCUT2D eigenvalue weighted by molar-refractivity contribution is 5.90. The first kappa shape index (κ1) is 28.9. The molecule has 6 rings (SSSR count). The molecule has 0 aromatic carbocycles. The molecule has 0 amide bonds. The zero-order valence-electron chi connectivity index (χ0n) is 25.6. The summed E-state index contributed by atoms with van der Waals surface area (Å²) in [7, 11) is 1.88. The van der Waals surface area contributed by atoms with Gasteiger partial charge >= 0.3 is 5.97 Å². The minimum atomic E-state index is -1.13. The second-order valence-electron chi connectivity index (χ2n) is 15.0. The number of carbonyl (C=O) groups excluding carboxylic acids is 1. The van der Waals surface area contributed by atoms with Crippen molar-refractivity contribution in [3.8, 4) is 0 Å². The Hall–Kier alpha value is -1.24. The Morgan fingerprint density at radius 3 is 2.58 bits per heavy atom. The second-order valence-corrected chi connectivity index (χ2v) is 15.0. The van der Waals surface area contributed by atoms with Gasteiger partial charge in [-0.3, -0.25) is 4.79 Å². The zero-order chi connectivity index (χ0) is 28.5. The SMILES string of the molecule is CCCCC1(OC)CCN(CC2CCC(C34C[C@@H]5[C@H](C)CC[C@H]5C5(C=O)CC3C=C(C(C)C)C45C(=O)O)O2)CC1. The first-order valence-electron chi connectivity index (χ1n) is 16.5. The molecule has 2 saturated heterocycles. The summed E-state index contributed by atoms with van der Waals surface area (Å²) < 4.78 is 13.1. The highest BCUT2D eigenvalue weighted by Crippen LogP contribution is 2.84. The number of hydrogen-bond acceptors (Lipinski definition) is 5. The molecule has 0 aromatic rings. The number of likely N-dealkylation sites (tertiary alicyclic amines) is 1. The first-order chi connectivity index (χ1) is 19.1. The molecule has 6 heteroatoms. The molecule has 40 heavy (non-hydrogen) atoms. The third-order valence-electron chi connectivity index (χ3n) is 13.3. The molecule has 4 aliphatic carbocycles. The van der Waals surface area contributed by atoms with Crippen LogP contribution in [-0.4, -0.2) is 66.8 Å². The summed E-state index contributed by atoms with van der Waals surface area (Å²) in [5.41, 5.74) is -1.40. The highest BCUT2D eigenvalue weighted by atomic mass is 16.5. The largest absolute Gasteiger partial charge is 0.481 e. The first-order valence-corrected chi connectivity index (χ1v) is 16.5. The van der Waals surface area contributed by atoms with Crippen molar-refractivity contribution in [3.63, 3.8) is 0 Å². The molecular formula is C34H53NO5. The lowest BCUT2D eigenvalue weighted by molar-refractivity contribution is -0.197. The number of ether oxygens (including phenoxy) is 2.